The number of anilines is 1. The van der Waals surface area contributed by atoms with Crippen molar-refractivity contribution in [3.63, 3.8) is 0 Å². The second-order valence-corrected chi connectivity index (χ2v) is 8.99. The number of hydrogen-bond acceptors (Lipinski definition) is 4. The fourth-order valence-electron chi connectivity index (χ4n) is 3.15. The van der Waals surface area contributed by atoms with E-state index in [1.807, 2.05) is 0 Å². The lowest BCUT2D eigenvalue weighted by Gasteiger charge is -2.26. The predicted molar refractivity (Wildman–Crippen MR) is 115 cm³/mol. The van der Waals surface area contributed by atoms with Crippen LogP contribution in [0.5, 0.6) is 5.75 Å². The van der Waals surface area contributed by atoms with E-state index < -0.39 is 10.0 Å². The summed E-state index contributed by atoms with van der Waals surface area (Å²) in [5.41, 5.74) is 1.09. The zero-order valence-corrected chi connectivity index (χ0v) is 17.7. The van der Waals surface area contributed by atoms with Crippen molar-refractivity contribution in [2.24, 2.45) is 0 Å². The molecule has 1 N–H and O–H groups in total. The van der Waals surface area contributed by atoms with Crippen LogP contribution in [-0.2, 0) is 14.8 Å². The Hall–Kier alpha value is -2.35. The van der Waals surface area contributed by atoms with Gasteiger partial charge in [-0.25, -0.2) is 8.42 Å². The molecule has 0 radical (unpaired) electrons. The Morgan fingerprint density at radius 3 is 2.55 bits per heavy atom. The monoisotopic (exact) mass is 434 g/mol. The smallest absolute Gasteiger partial charge is 0.248 e. The van der Waals surface area contributed by atoms with Gasteiger partial charge in [0.1, 0.15) is 10.6 Å². The fourth-order valence-corrected chi connectivity index (χ4v) is 5.04. The van der Waals surface area contributed by atoms with Crippen molar-refractivity contribution >= 4 is 39.3 Å². The number of piperidine rings is 1. The highest BCUT2D eigenvalue weighted by Gasteiger charge is 2.28. The van der Waals surface area contributed by atoms with Gasteiger partial charge in [0.25, 0.3) is 0 Å². The summed E-state index contributed by atoms with van der Waals surface area (Å²) in [5.74, 6) is -0.0809. The maximum absolute atomic E-state index is 13.1. The van der Waals surface area contributed by atoms with Crippen LogP contribution in [0.4, 0.5) is 5.69 Å². The maximum Gasteiger partial charge on any atom is 0.248 e. The Balaban J connectivity index is 1.82. The molecule has 0 spiro atoms. The minimum absolute atomic E-state index is 0.107. The number of carbonyl (C=O) groups excluding carboxylic acids is 1. The van der Waals surface area contributed by atoms with E-state index in [1.165, 1.54) is 23.6 Å². The first-order valence-electron chi connectivity index (χ1n) is 9.33. The van der Waals surface area contributed by atoms with Crippen LogP contribution in [0.1, 0.15) is 24.8 Å². The third-order valence-electron chi connectivity index (χ3n) is 4.68. The molecular formula is C21H23ClN2O4S. The highest BCUT2D eigenvalue weighted by molar-refractivity contribution is 7.89. The number of hydrogen-bond donors (Lipinski definition) is 1. The van der Waals surface area contributed by atoms with Crippen LogP contribution in [0.2, 0.25) is 5.02 Å². The number of ether oxygens (including phenoxy) is 1. The van der Waals surface area contributed by atoms with E-state index in [4.69, 9.17) is 16.3 Å². The van der Waals surface area contributed by atoms with Crippen molar-refractivity contribution in [3.05, 3.63) is 59.1 Å². The molecule has 154 valence electrons. The van der Waals surface area contributed by atoms with E-state index >= 15 is 0 Å². The molecule has 0 saturated carbocycles. The van der Waals surface area contributed by atoms with Crippen molar-refractivity contribution < 1.29 is 17.9 Å². The molecule has 29 heavy (non-hydrogen) atoms. The summed E-state index contributed by atoms with van der Waals surface area (Å²) in [5, 5.41) is 3.13. The molecule has 1 saturated heterocycles. The summed E-state index contributed by atoms with van der Waals surface area (Å²) in [6, 6.07) is 11.8. The first-order valence-corrected chi connectivity index (χ1v) is 11.2. The highest BCUT2D eigenvalue weighted by atomic mass is 35.5. The van der Waals surface area contributed by atoms with E-state index in [0.717, 1.165) is 19.3 Å². The Morgan fingerprint density at radius 2 is 1.86 bits per heavy atom. The molecule has 2 aromatic rings. The van der Waals surface area contributed by atoms with Crippen molar-refractivity contribution in [3.8, 4) is 5.75 Å². The summed E-state index contributed by atoms with van der Waals surface area (Å²) in [6.07, 6.45) is 5.63. The van der Waals surface area contributed by atoms with Crippen LogP contribution in [0.25, 0.3) is 6.08 Å². The van der Waals surface area contributed by atoms with Gasteiger partial charge in [0.15, 0.2) is 0 Å². The minimum atomic E-state index is -3.66. The van der Waals surface area contributed by atoms with E-state index in [9.17, 15) is 13.2 Å². The van der Waals surface area contributed by atoms with Crippen LogP contribution in [0, 0.1) is 0 Å². The van der Waals surface area contributed by atoms with E-state index in [2.05, 4.69) is 5.32 Å². The average molecular weight is 435 g/mol. The Kier molecular flexibility index (Phi) is 6.95. The number of benzene rings is 2. The number of sulfonamides is 1. The SMILES string of the molecule is COc1ccc(C=CC(=O)Nc2ccccc2Cl)cc1S(=O)(=O)N1CCCCC1. The number of para-hydroxylation sites is 1. The third kappa shape index (κ3) is 5.18. The quantitative estimate of drug-likeness (QED) is 0.692. The van der Waals surface area contributed by atoms with Gasteiger partial charge in [-0.05, 0) is 48.7 Å². The van der Waals surface area contributed by atoms with Gasteiger partial charge in [-0.2, -0.15) is 4.31 Å². The van der Waals surface area contributed by atoms with Crippen molar-refractivity contribution in [1.29, 1.82) is 0 Å². The van der Waals surface area contributed by atoms with Crippen LogP contribution >= 0.6 is 11.6 Å². The minimum Gasteiger partial charge on any atom is -0.495 e. The summed E-state index contributed by atoms with van der Waals surface area (Å²) >= 11 is 6.04. The van der Waals surface area contributed by atoms with Crippen molar-refractivity contribution in [2.75, 3.05) is 25.5 Å². The summed E-state index contributed by atoms with van der Waals surface area (Å²) < 4.78 is 32.9. The predicted octanol–water partition coefficient (Wildman–Crippen LogP) is 4.18. The molecular weight excluding hydrogens is 412 g/mol. The molecule has 3 rings (SSSR count). The van der Waals surface area contributed by atoms with E-state index in [1.54, 1.807) is 42.5 Å². The lowest BCUT2D eigenvalue weighted by Crippen LogP contribution is -2.35. The van der Waals surface area contributed by atoms with Gasteiger partial charge in [0.2, 0.25) is 15.9 Å². The van der Waals surface area contributed by atoms with Crippen molar-refractivity contribution in [1.82, 2.24) is 4.31 Å². The number of rotatable bonds is 6. The second kappa shape index (κ2) is 9.43. The molecule has 1 aliphatic rings. The zero-order chi connectivity index (χ0) is 20.9. The Bertz CT molecular complexity index is 1020. The molecule has 1 amide bonds. The van der Waals surface area contributed by atoms with Crippen LogP contribution in [-0.4, -0.2) is 38.8 Å². The molecule has 8 heteroatoms. The summed E-state index contributed by atoms with van der Waals surface area (Å²) in [7, 11) is -2.22. The van der Waals surface area contributed by atoms with Gasteiger partial charge in [0, 0.05) is 19.2 Å². The summed E-state index contributed by atoms with van der Waals surface area (Å²) in [6.45, 7) is 1.01. The van der Waals surface area contributed by atoms with Gasteiger partial charge in [-0.1, -0.05) is 36.2 Å². The molecule has 6 nitrogen and oxygen atoms in total. The Morgan fingerprint density at radius 1 is 1.14 bits per heavy atom. The molecule has 0 unspecified atom stereocenters. The third-order valence-corrected chi connectivity index (χ3v) is 6.93. The van der Waals surface area contributed by atoms with Gasteiger partial charge in [0.05, 0.1) is 17.8 Å². The number of methoxy groups -OCH3 is 1. The van der Waals surface area contributed by atoms with Crippen LogP contribution in [0.3, 0.4) is 0 Å². The molecule has 1 fully saturated rings. The van der Waals surface area contributed by atoms with Crippen molar-refractivity contribution in [2.45, 2.75) is 24.2 Å². The maximum atomic E-state index is 13.1. The topological polar surface area (TPSA) is 75.7 Å². The molecule has 0 bridgehead atoms. The van der Waals surface area contributed by atoms with Gasteiger partial charge < -0.3 is 10.1 Å². The summed E-state index contributed by atoms with van der Waals surface area (Å²) in [4.78, 5) is 12.3. The Labute approximate surface area is 176 Å². The lowest BCUT2D eigenvalue weighted by molar-refractivity contribution is -0.111. The largest absolute Gasteiger partial charge is 0.495 e. The molecule has 0 aromatic heterocycles. The molecule has 1 aliphatic heterocycles. The lowest BCUT2D eigenvalue weighted by atomic mass is 10.2. The van der Waals surface area contributed by atoms with E-state index in [0.29, 0.717) is 29.4 Å². The highest BCUT2D eigenvalue weighted by Crippen LogP contribution is 2.30. The fraction of sp³-hybridized carbons (Fsp3) is 0.286. The van der Waals surface area contributed by atoms with Gasteiger partial charge >= 0.3 is 0 Å². The first kappa shape index (κ1) is 21.4. The number of nitrogens with one attached hydrogen (secondary N) is 1. The standard InChI is InChI=1S/C21H23ClN2O4S/c1-28-19-11-9-16(10-12-21(25)23-18-8-4-3-7-17(18)22)15-20(19)29(26,27)24-13-5-2-6-14-24/h3-4,7-12,15H,2,5-6,13-14H2,1H3,(H,23,25). The molecule has 1 heterocycles. The van der Waals surface area contributed by atoms with Gasteiger partial charge in [-0.3, -0.25) is 4.79 Å². The normalized spacial score (nSPS) is 15.4. The van der Waals surface area contributed by atoms with Gasteiger partial charge in [-0.15, -0.1) is 0 Å². The zero-order valence-electron chi connectivity index (χ0n) is 16.1. The molecule has 2 aromatic carbocycles. The van der Waals surface area contributed by atoms with Crippen LogP contribution < -0.4 is 10.1 Å². The van der Waals surface area contributed by atoms with E-state index in [-0.39, 0.29) is 16.6 Å². The number of nitrogens with zero attached hydrogens (tertiary/aromatic N) is 1. The average Bonchev–Trinajstić information content (AvgIpc) is 2.74. The second-order valence-electron chi connectivity index (χ2n) is 6.68. The first-order chi connectivity index (χ1) is 13.9. The molecule has 0 aliphatic carbocycles. The number of halogens is 1. The van der Waals surface area contributed by atoms with Crippen LogP contribution in [0.15, 0.2) is 53.4 Å². The number of carbonyl (C=O) groups is 1. The molecule has 0 atom stereocenters. The number of amides is 1.